The molecule has 1 saturated heterocycles. The summed E-state index contributed by atoms with van der Waals surface area (Å²) in [5.74, 6) is -0.372. The number of likely N-dealkylation sites (N-methyl/N-ethyl adjacent to an activating group) is 1. The molecule has 4 aromatic rings. The van der Waals surface area contributed by atoms with Crippen LogP contribution in [0.15, 0.2) is 115 Å². The number of nitrogens with zero attached hydrogens (tertiary/aromatic N) is 3. The van der Waals surface area contributed by atoms with E-state index in [1.165, 1.54) is 9.80 Å². The highest BCUT2D eigenvalue weighted by atomic mass is 32.1. The molecule has 2 amide bonds. The van der Waals surface area contributed by atoms with Crippen LogP contribution in [0.5, 0.6) is 5.75 Å². The average Bonchev–Trinajstić information content (AvgIpc) is 2.98. The number of anilines is 4. The third-order valence-corrected chi connectivity index (χ3v) is 6.87. The first-order chi connectivity index (χ1) is 19.0. The van der Waals surface area contributed by atoms with Crippen LogP contribution in [0.25, 0.3) is 6.08 Å². The fourth-order valence-electron chi connectivity index (χ4n) is 4.57. The van der Waals surface area contributed by atoms with E-state index in [1.807, 2.05) is 104 Å². The molecule has 0 aromatic heterocycles. The molecule has 1 fully saturated rings. The van der Waals surface area contributed by atoms with Gasteiger partial charge in [0.1, 0.15) is 11.3 Å². The fraction of sp³-hybridized carbons (Fsp3) is 0.0938. The molecule has 5 rings (SSSR count). The van der Waals surface area contributed by atoms with Crippen LogP contribution in [0.4, 0.5) is 22.7 Å². The van der Waals surface area contributed by atoms with Crippen LogP contribution in [-0.2, 0) is 9.59 Å². The van der Waals surface area contributed by atoms with Gasteiger partial charge in [0.2, 0.25) is 0 Å². The third kappa shape index (κ3) is 5.04. The quantitative estimate of drug-likeness (QED) is 0.150. The van der Waals surface area contributed by atoms with Crippen molar-refractivity contribution in [3.05, 3.63) is 120 Å². The number of amides is 2. The summed E-state index contributed by atoms with van der Waals surface area (Å²) in [6.07, 6.45) is 1.59. The van der Waals surface area contributed by atoms with Crippen molar-refractivity contribution < 1.29 is 14.3 Å². The third-order valence-electron chi connectivity index (χ3n) is 6.47. The number of hydrogen-bond donors (Lipinski definition) is 0. The van der Waals surface area contributed by atoms with Crippen LogP contribution in [0.2, 0.25) is 0 Å². The molecule has 0 atom stereocenters. The van der Waals surface area contributed by atoms with E-state index in [4.69, 9.17) is 17.0 Å². The first-order valence-corrected chi connectivity index (χ1v) is 13.0. The van der Waals surface area contributed by atoms with E-state index in [-0.39, 0.29) is 10.7 Å². The van der Waals surface area contributed by atoms with Gasteiger partial charge in [0.15, 0.2) is 5.11 Å². The van der Waals surface area contributed by atoms with Gasteiger partial charge in [-0.15, -0.1) is 0 Å². The molecular weight excluding hydrogens is 506 g/mol. The van der Waals surface area contributed by atoms with E-state index in [2.05, 4.69) is 4.90 Å². The molecule has 0 aliphatic carbocycles. The molecule has 0 bridgehead atoms. The second-order valence-corrected chi connectivity index (χ2v) is 9.16. The van der Waals surface area contributed by atoms with Crippen LogP contribution < -0.4 is 14.5 Å². The lowest BCUT2D eigenvalue weighted by Gasteiger charge is -2.36. The summed E-state index contributed by atoms with van der Waals surface area (Å²) in [6, 6.07) is 34.9. The molecule has 0 radical (unpaired) electrons. The summed E-state index contributed by atoms with van der Waals surface area (Å²) in [5, 5.41) is 0.166. The van der Waals surface area contributed by atoms with Crippen molar-refractivity contribution in [3.63, 3.8) is 0 Å². The minimum Gasteiger partial charge on any atom is -0.496 e. The lowest BCUT2D eigenvalue weighted by Crippen LogP contribution is -2.56. The number of carbonyl (C=O) groups excluding carboxylic acids is 2. The van der Waals surface area contributed by atoms with Gasteiger partial charge in [-0.05, 0) is 73.7 Å². The number of ether oxygens (including phenoxy) is 1. The zero-order chi connectivity index (χ0) is 27.4. The zero-order valence-electron chi connectivity index (χ0n) is 21.7. The monoisotopic (exact) mass is 533 g/mol. The molecule has 0 spiro atoms. The second kappa shape index (κ2) is 11.3. The lowest BCUT2D eigenvalue weighted by atomic mass is 10.0. The molecule has 7 heteroatoms. The van der Waals surface area contributed by atoms with E-state index in [0.717, 1.165) is 17.1 Å². The van der Waals surface area contributed by atoms with Crippen molar-refractivity contribution in [2.24, 2.45) is 0 Å². The second-order valence-electron chi connectivity index (χ2n) is 8.80. The SMILES string of the molecule is CCN1C(=O)C(=Cc2ccc(N(c3ccccc3)c3ccccc3)cc2OC)C(=O)N(c2ccccc2)C1=S. The van der Waals surface area contributed by atoms with Gasteiger partial charge in [-0.25, -0.2) is 0 Å². The Balaban J connectivity index is 1.59. The van der Waals surface area contributed by atoms with E-state index >= 15 is 0 Å². The number of para-hydroxylation sites is 3. The van der Waals surface area contributed by atoms with Crippen molar-refractivity contribution in [1.82, 2.24) is 4.90 Å². The summed E-state index contributed by atoms with van der Waals surface area (Å²) >= 11 is 5.54. The number of benzene rings is 4. The van der Waals surface area contributed by atoms with Crippen molar-refractivity contribution in [2.75, 3.05) is 23.5 Å². The van der Waals surface area contributed by atoms with Crippen LogP contribution in [0, 0.1) is 0 Å². The molecule has 0 N–H and O–H groups in total. The average molecular weight is 534 g/mol. The van der Waals surface area contributed by atoms with Crippen molar-refractivity contribution in [3.8, 4) is 5.75 Å². The number of methoxy groups -OCH3 is 1. The molecule has 4 aromatic carbocycles. The van der Waals surface area contributed by atoms with Gasteiger partial charge in [-0.2, -0.15) is 0 Å². The van der Waals surface area contributed by atoms with Gasteiger partial charge in [0, 0.05) is 35.2 Å². The zero-order valence-corrected chi connectivity index (χ0v) is 22.5. The molecule has 194 valence electrons. The molecule has 1 aliphatic heterocycles. The Kier molecular flexibility index (Phi) is 7.52. The standard InChI is InChI=1S/C32H27N3O3S/c1-3-33-30(36)28(31(37)35(32(33)39)26-17-11-6-12-18-26)21-23-19-20-27(22-29(23)38-2)34(24-13-7-4-8-14-24)25-15-9-5-10-16-25/h4-22H,3H2,1-2H3. The number of thiocarbonyl (C=S) groups is 1. The first-order valence-electron chi connectivity index (χ1n) is 12.6. The van der Waals surface area contributed by atoms with Gasteiger partial charge >= 0.3 is 0 Å². The van der Waals surface area contributed by atoms with Crippen LogP contribution >= 0.6 is 12.2 Å². The number of rotatable bonds is 7. The Morgan fingerprint density at radius 1 is 0.769 bits per heavy atom. The predicted molar refractivity (Wildman–Crippen MR) is 160 cm³/mol. The summed E-state index contributed by atoms with van der Waals surface area (Å²) in [4.78, 5) is 32.0. The molecule has 39 heavy (non-hydrogen) atoms. The minimum absolute atomic E-state index is 0.0170. The molecule has 1 heterocycles. The van der Waals surface area contributed by atoms with Gasteiger partial charge in [0.05, 0.1) is 12.8 Å². The maximum atomic E-state index is 13.6. The number of carbonyl (C=O) groups is 2. The molecule has 0 unspecified atom stereocenters. The van der Waals surface area contributed by atoms with E-state index in [1.54, 1.807) is 25.3 Å². The fourth-order valence-corrected chi connectivity index (χ4v) is 4.97. The van der Waals surface area contributed by atoms with Crippen LogP contribution in [-0.4, -0.2) is 35.5 Å². The minimum atomic E-state index is -0.470. The molecule has 0 saturated carbocycles. The normalized spacial score (nSPS) is 14.6. The summed E-state index contributed by atoms with van der Waals surface area (Å²) < 4.78 is 5.76. The van der Waals surface area contributed by atoms with Gasteiger partial charge in [0.25, 0.3) is 11.8 Å². The van der Waals surface area contributed by atoms with Gasteiger partial charge in [-0.1, -0.05) is 54.6 Å². The lowest BCUT2D eigenvalue weighted by molar-refractivity contribution is -0.127. The molecule has 1 aliphatic rings. The Labute approximate surface area is 233 Å². The molecular formula is C32H27N3O3S. The molecule has 6 nitrogen and oxygen atoms in total. The Bertz CT molecular complexity index is 1500. The van der Waals surface area contributed by atoms with Crippen molar-refractivity contribution in [1.29, 1.82) is 0 Å². The largest absolute Gasteiger partial charge is 0.496 e. The van der Waals surface area contributed by atoms with Crippen LogP contribution in [0.3, 0.4) is 0 Å². The maximum absolute atomic E-state index is 13.6. The van der Waals surface area contributed by atoms with E-state index in [9.17, 15) is 9.59 Å². The first kappa shape index (κ1) is 25.9. The topological polar surface area (TPSA) is 53.1 Å². The van der Waals surface area contributed by atoms with E-state index in [0.29, 0.717) is 23.5 Å². The maximum Gasteiger partial charge on any atom is 0.270 e. The summed E-state index contributed by atoms with van der Waals surface area (Å²) in [5.41, 5.74) is 4.07. The smallest absolute Gasteiger partial charge is 0.270 e. The Morgan fingerprint density at radius 2 is 1.33 bits per heavy atom. The highest BCUT2D eigenvalue weighted by Crippen LogP contribution is 2.38. The summed E-state index contributed by atoms with van der Waals surface area (Å²) in [6.45, 7) is 2.17. The van der Waals surface area contributed by atoms with E-state index < -0.39 is 11.8 Å². The Morgan fingerprint density at radius 3 is 1.87 bits per heavy atom. The Hall–Kier alpha value is -4.75. The highest BCUT2D eigenvalue weighted by molar-refractivity contribution is 7.80. The predicted octanol–water partition coefficient (Wildman–Crippen LogP) is 6.73. The van der Waals surface area contributed by atoms with Gasteiger partial charge in [-0.3, -0.25) is 19.4 Å². The number of hydrogen-bond acceptors (Lipinski definition) is 5. The van der Waals surface area contributed by atoms with Crippen molar-refractivity contribution >= 4 is 58.0 Å². The highest BCUT2D eigenvalue weighted by Gasteiger charge is 2.39. The van der Waals surface area contributed by atoms with Gasteiger partial charge < -0.3 is 9.64 Å². The summed E-state index contributed by atoms with van der Waals surface area (Å²) in [7, 11) is 1.57. The van der Waals surface area contributed by atoms with Crippen LogP contribution in [0.1, 0.15) is 12.5 Å². The van der Waals surface area contributed by atoms with Crippen molar-refractivity contribution in [2.45, 2.75) is 6.92 Å².